The molecule has 5 nitrogen and oxygen atoms in total. The van der Waals surface area contributed by atoms with E-state index in [4.69, 9.17) is 4.74 Å². The van der Waals surface area contributed by atoms with Gasteiger partial charge >= 0.3 is 0 Å². The summed E-state index contributed by atoms with van der Waals surface area (Å²) in [6, 6.07) is 18.3. The van der Waals surface area contributed by atoms with Crippen LogP contribution in [-0.4, -0.2) is 66.3 Å². The van der Waals surface area contributed by atoms with Gasteiger partial charge in [-0.05, 0) is 17.7 Å². The van der Waals surface area contributed by atoms with Crippen molar-refractivity contribution in [1.82, 2.24) is 9.80 Å². The molecule has 6 heteroatoms. The van der Waals surface area contributed by atoms with Gasteiger partial charge in [0, 0.05) is 32.7 Å². The van der Waals surface area contributed by atoms with E-state index in [1.54, 1.807) is 29.2 Å². The molecule has 1 heterocycles. The molecule has 2 unspecified atom stereocenters. The maximum atomic E-state index is 14.6. The smallest absolute Gasteiger partial charge is 0.170 e. The molecule has 1 fully saturated rings. The lowest BCUT2D eigenvalue weighted by molar-refractivity contribution is -0.130. The molecular weight excluding hydrogens is 359 g/mol. The highest BCUT2D eigenvalue weighted by atomic mass is 19.1. The van der Waals surface area contributed by atoms with Gasteiger partial charge in [-0.15, -0.1) is 0 Å². The average Bonchev–Trinajstić information content (AvgIpc) is 2.75. The highest BCUT2D eigenvalue weighted by Gasteiger charge is 2.28. The average molecular weight is 386 g/mol. The number of ketones is 1. The minimum absolute atomic E-state index is 0.298. The number of alkyl halides is 1. The molecule has 2 aromatic rings. The fourth-order valence-corrected chi connectivity index (χ4v) is 3.30. The molecule has 1 aliphatic heterocycles. The van der Waals surface area contributed by atoms with Crippen LogP contribution in [0, 0.1) is 0 Å². The molecular formula is C22H27FN2O3. The van der Waals surface area contributed by atoms with Crippen LogP contribution in [0.25, 0.3) is 0 Å². The Labute approximate surface area is 165 Å². The zero-order chi connectivity index (χ0) is 19.8. The van der Waals surface area contributed by atoms with Gasteiger partial charge in [0.1, 0.15) is 18.5 Å². The van der Waals surface area contributed by atoms with Gasteiger partial charge in [-0.3, -0.25) is 14.6 Å². The zero-order valence-electron chi connectivity index (χ0n) is 15.9. The Kier molecular flexibility index (Phi) is 7.54. The van der Waals surface area contributed by atoms with Crippen molar-refractivity contribution in [3.63, 3.8) is 0 Å². The van der Waals surface area contributed by atoms with Crippen LogP contribution in [0.1, 0.15) is 18.1 Å². The fraction of sp³-hybridized carbons (Fsp3) is 0.409. The fourth-order valence-electron chi connectivity index (χ4n) is 3.30. The summed E-state index contributed by atoms with van der Waals surface area (Å²) in [6.45, 7) is 3.95. The van der Waals surface area contributed by atoms with E-state index >= 15 is 0 Å². The molecule has 3 rings (SSSR count). The summed E-state index contributed by atoms with van der Waals surface area (Å²) in [5.41, 5.74) is 0.503. The molecule has 0 saturated carbocycles. The largest absolute Gasteiger partial charge is 0.492 e. The number of piperazine rings is 1. The Balaban J connectivity index is 1.37. The Morgan fingerprint density at radius 3 is 2.25 bits per heavy atom. The van der Waals surface area contributed by atoms with Crippen LogP contribution in [0.5, 0.6) is 5.75 Å². The number of benzene rings is 2. The Hall–Kier alpha value is -2.28. The van der Waals surface area contributed by atoms with Crippen molar-refractivity contribution in [2.45, 2.75) is 18.8 Å². The highest BCUT2D eigenvalue weighted by molar-refractivity contribution is 5.84. The molecule has 2 aromatic carbocycles. The molecule has 0 amide bonds. The third-order valence-corrected chi connectivity index (χ3v) is 5.01. The number of Topliss-reactive ketones (excluding diaryl/α,β-unsaturated/α-hetero) is 1. The van der Waals surface area contributed by atoms with E-state index in [1.165, 1.54) is 0 Å². The Morgan fingerprint density at radius 2 is 1.61 bits per heavy atom. The summed E-state index contributed by atoms with van der Waals surface area (Å²) in [5, 5.41) is 10.1. The van der Waals surface area contributed by atoms with Gasteiger partial charge in [-0.1, -0.05) is 48.5 Å². The maximum absolute atomic E-state index is 14.6. The van der Waals surface area contributed by atoms with Crippen molar-refractivity contribution in [2.75, 3.05) is 39.3 Å². The molecule has 2 atom stereocenters. The number of rotatable bonds is 9. The molecule has 0 bridgehead atoms. The first-order valence-electron chi connectivity index (χ1n) is 9.67. The van der Waals surface area contributed by atoms with E-state index in [0.29, 0.717) is 25.3 Å². The van der Waals surface area contributed by atoms with Crippen LogP contribution >= 0.6 is 0 Å². The predicted molar refractivity (Wildman–Crippen MR) is 106 cm³/mol. The maximum Gasteiger partial charge on any atom is 0.170 e. The van der Waals surface area contributed by atoms with Crippen molar-refractivity contribution in [2.24, 2.45) is 0 Å². The van der Waals surface area contributed by atoms with Crippen LogP contribution in [0.15, 0.2) is 60.7 Å². The van der Waals surface area contributed by atoms with Gasteiger partial charge in [0.05, 0.1) is 6.42 Å². The molecule has 1 N–H and O–H groups in total. The first-order valence-corrected chi connectivity index (χ1v) is 9.67. The second-order valence-corrected chi connectivity index (χ2v) is 6.96. The van der Waals surface area contributed by atoms with Crippen LogP contribution in [0.3, 0.4) is 0 Å². The number of hydrogen-bond donors (Lipinski definition) is 1. The third kappa shape index (κ3) is 5.86. The summed E-state index contributed by atoms with van der Waals surface area (Å²) in [5.74, 6) is 0.359. The summed E-state index contributed by atoms with van der Waals surface area (Å²) in [4.78, 5) is 16.1. The van der Waals surface area contributed by atoms with Crippen molar-refractivity contribution in [3.05, 3.63) is 66.2 Å². The number of carbonyl (C=O) groups excluding carboxylic acids is 1. The summed E-state index contributed by atoms with van der Waals surface area (Å²) in [7, 11) is 0. The van der Waals surface area contributed by atoms with E-state index in [9.17, 15) is 14.3 Å². The lowest BCUT2D eigenvalue weighted by Gasteiger charge is -2.36. The van der Waals surface area contributed by atoms with Crippen LogP contribution in [0.2, 0.25) is 0 Å². The zero-order valence-corrected chi connectivity index (χ0v) is 15.9. The number of halogens is 1. The van der Waals surface area contributed by atoms with Gasteiger partial charge < -0.3 is 9.84 Å². The van der Waals surface area contributed by atoms with Crippen LogP contribution in [0.4, 0.5) is 4.39 Å². The number of ether oxygens (including phenoxy) is 1. The molecule has 0 spiro atoms. The van der Waals surface area contributed by atoms with E-state index in [1.807, 2.05) is 36.4 Å². The monoisotopic (exact) mass is 386 g/mol. The summed E-state index contributed by atoms with van der Waals surface area (Å²) >= 11 is 0. The van der Waals surface area contributed by atoms with Crippen molar-refractivity contribution >= 4 is 5.78 Å². The minimum Gasteiger partial charge on any atom is -0.492 e. The number of hydrogen-bond acceptors (Lipinski definition) is 5. The van der Waals surface area contributed by atoms with E-state index in [2.05, 4.69) is 4.90 Å². The van der Waals surface area contributed by atoms with Gasteiger partial charge in [0.2, 0.25) is 0 Å². The number of para-hydroxylation sites is 1. The van der Waals surface area contributed by atoms with E-state index in [-0.39, 0.29) is 6.42 Å². The van der Waals surface area contributed by atoms with Gasteiger partial charge in [0.25, 0.3) is 0 Å². The lowest BCUT2D eigenvalue weighted by Crippen LogP contribution is -2.50. The molecule has 0 aromatic heterocycles. The second-order valence-electron chi connectivity index (χ2n) is 6.96. The van der Waals surface area contributed by atoms with Gasteiger partial charge in [0.15, 0.2) is 12.1 Å². The first-order chi connectivity index (χ1) is 13.6. The number of nitrogens with zero attached hydrogens (tertiary/aromatic N) is 2. The van der Waals surface area contributed by atoms with E-state index in [0.717, 1.165) is 25.4 Å². The van der Waals surface area contributed by atoms with E-state index < -0.39 is 18.2 Å². The van der Waals surface area contributed by atoms with Crippen molar-refractivity contribution in [3.8, 4) is 5.75 Å². The summed E-state index contributed by atoms with van der Waals surface area (Å²) in [6.07, 6.45) is -2.93. The third-order valence-electron chi connectivity index (χ3n) is 5.01. The number of aliphatic hydroxyl groups excluding tert-OH is 1. The second kappa shape index (κ2) is 10.3. The van der Waals surface area contributed by atoms with Crippen LogP contribution < -0.4 is 4.74 Å². The number of aliphatic hydroxyl groups is 1. The Morgan fingerprint density at radius 1 is 1.00 bits per heavy atom. The van der Waals surface area contributed by atoms with Gasteiger partial charge in [-0.2, -0.15) is 0 Å². The molecule has 28 heavy (non-hydrogen) atoms. The first kappa shape index (κ1) is 20.5. The standard InChI is InChI=1S/C22H27FN2O3/c23-21(17-20(26)22(27)18-7-3-1-4-8-18)25-13-11-24(12-14-25)15-16-28-19-9-5-2-6-10-19/h1-10,21-22,27H,11-17H2. The lowest BCUT2D eigenvalue weighted by atomic mass is 10.0. The number of carbonyl (C=O) groups is 1. The topological polar surface area (TPSA) is 53.0 Å². The van der Waals surface area contributed by atoms with Crippen molar-refractivity contribution in [1.29, 1.82) is 0 Å². The minimum atomic E-state index is -1.37. The molecule has 150 valence electrons. The quantitative estimate of drug-likeness (QED) is 0.672. The molecule has 1 aliphatic rings. The molecule has 0 radical (unpaired) electrons. The normalized spacial score (nSPS) is 17.8. The SMILES string of the molecule is O=C(CC(F)N1CCN(CCOc2ccccc2)CC1)C(O)c1ccccc1. The highest BCUT2D eigenvalue weighted by Crippen LogP contribution is 2.19. The predicted octanol–water partition coefficient (Wildman–Crippen LogP) is 2.67. The van der Waals surface area contributed by atoms with Gasteiger partial charge in [-0.25, -0.2) is 4.39 Å². The summed E-state index contributed by atoms with van der Waals surface area (Å²) < 4.78 is 20.3. The van der Waals surface area contributed by atoms with Crippen LogP contribution in [-0.2, 0) is 4.79 Å². The molecule has 1 saturated heterocycles. The Bertz CT molecular complexity index is 721. The molecule has 0 aliphatic carbocycles. The van der Waals surface area contributed by atoms with Crippen molar-refractivity contribution < 1.29 is 19.0 Å².